The number of H-pyrrole nitrogens is 1. The number of anilines is 1. The maximum atomic E-state index is 12.2. The molecule has 3 rings (SSSR count). The minimum Gasteiger partial charge on any atom is -0.378 e. The molecule has 0 aliphatic carbocycles. The van der Waals surface area contributed by atoms with E-state index in [1.807, 2.05) is 69.6 Å². The van der Waals surface area contributed by atoms with Crippen molar-refractivity contribution in [1.82, 2.24) is 4.98 Å². The van der Waals surface area contributed by atoms with E-state index in [-0.39, 0.29) is 5.56 Å². The van der Waals surface area contributed by atoms with Gasteiger partial charge in [0.2, 0.25) is 0 Å². The Morgan fingerprint density at radius 2 is 1.67 bits per heavy atom. The number of rotatable bonds is 2. The Balaban J connectivity index is 2.12. The molecule has 0 radical (unpaired) electrons. The van der Waals surface area contributed by atoms with Gasteiger partial charge in [-0.15, -0.1) is 0 Å². The van der Waals surface area contributed by atoms with Crippen molar-refractivity contribution in [3.63, 3.8) is 0 Å². The highest BCUT2D eigenvalue weighted by atomic mass is 16.1. The number of nitrogens with zero attached hydrogens (tertiary/aromatic N) is 1. The number of aromatic amines is 1. The summed E-state index contributed by atoms with van der Waals surface area (Å²) in [7, 11) is 4.02. The summed E-state index contributed by atoms with van der Waals surface area (Å²) in [5.74, 6) is 0. The van der Waals surface area contributed by atoms with E-state index in [4.69, 9.17) is 0 Å². The van der Waals surface area contributed by atoms with Crippen LogP contribution in [0.1, 0.15) is 5.56 Å². The highest BCUT2D eigenvalue weighted by molar-refractivity contribution is 5.85. The molecule has 0 unspecified atom stereocenters. The standard InChI is InChI=1S/C18H18N2O/c1-12-4-5-14-11-17(19-18(21)16(14)10-12)13-6-8-15(9-7-13)20(2)3/h4-11H,1-3H3,(H,19,21). The SMILES string of the molecule is Cc1ccc2cc(-c3ccc(N(C)C)cc3)[nH]c(=O)c2c1. The summed E-state index contributed by atoms with van der Waals surface area (Å²) in [6, 6.07) is 16.1. The van der Waals surface area contributed by atoms with Gasteiger partial charge in [-0.1, -0.05) is 29.8 Å². The van der Waals surface area contributed by atoms with Gasteiger partial charge in [-0.05, 0) is 42.1 Å². The Kier molecular flexibility index (Phi) is 3.26. The van der Waals surface area contributed by atoms with Crippen LogP contribution in [0.4, 0.5) is 5.69 Å². The number of pyridine rings is 1. The van der Waals surface area contributed by atoms with Gasteiger partial charge in [0.15, 0.2) is 0 Å². The first-order chi connectivity index (χ1) is 10.0. The van der Waals surface area contributed by atoms with Crippen LogP contribution >= 0.6 is 0 Å². The number of hydrogen-bond acceptors (Lipinski definition) is 2. The fourth-order valence-corrected chi connectivity index (χ4v) is 2.47. The second-order valence-corrected chi connectivity index (χ2v) is 5.54. The normalized spacial score (nSPS) is 10.8. The van der Waals surface area contributed by atoms with Gasteiger partial charge in [0.25, 0.3) is 5.56 Å². The van der Waals surface area contributed by atoms with Gasteiger partial charge >= 0.3 is 0 Å². The van der Waals surface area contributed by atoms with Crippen LogP contribution in [0.2, 0.25) is 0 Å². The van der Waals surface area contributed by atoms with E-state index in [9.17, 15) is 4.79 Å². The number of hydrogen-bond donors (Lipinski definition) is 1. The molecule has 1 N–H and O–H groups in total. The van der Waals surface area contributed by atoms with Crippen LogP contribution < -0.4 is 10.5 Å². The molecule has 106 valence electrons. The topological polar surface area (TPSA) is 36.1 Å². The first kappa shape index (κ1) is 13.4. The van der Waals surface area contributed by atoms with E-state index in [1.165, 1.54) is 0 Å². The van der Waals surface area contributed by atoms with E-state index in [2.05, 4.69) is 9.88 Å². The fourth-order valence-electron chi connectivity index (χ4n) is 2.47. The van der Waals surface area contributed by atoms with Gasteiger partial charge in [0.05, 0.1) is 0 Å². The molecule has 0 spiro atoms. The van der Waals surface area contributed by atoms with Crippen LogP contribution in [-0.4, -0.2) is 19.1 Å². The number of benzene rings is 2. The first-order valence-electron chi connectivity index (χ1n) is 6.96. The van der Waals surface area contributed by atoms with Gasteiger partial charge in [-0.2, -0.15) is 0 Å². The molecule has 0 saturated heterocycles. The van der Waals surface area contributed by atoms with Crippen LogP contribution in [0.3, 0.4) is 0 Å². The molecule has 3 aromatic rings. The van der Waals surface area contributed by atoms with Crippen LogP contribution in [-0.2, 0) is 0 Å². The highest BCUT2D eigenvalue weighted by Gasteiger charge is 2.05. The van der Waals surface area contributed by atoms with Crippen molar-refractivity contribution in [3.8, 4) is 11.3 Å². The largest absolute Gasteiger partial charge is 0.378 e. The summed E-state index contributed by atoms with van der Waals surface area (Å²) in [6.07, 6.45) is 0. The van der Waals surface area contributed by atoms with E-state index in [0.717, 1.165) is 33.3 Å². The maximum absolute atomic E-state index is 12.2. The smallest absolute Gasteiger partial charge is 0.256 e. The third-order valence-electron chi connectivity index (χ3n) is 3.70. The lowest BCUT2D eigenvalue weighted by Gasteiger charge is -2.12. The quantitative estimate of drug-likeness (QED) is 0.778. The summed E-state index contributed by atoms with van der Waals surface area (Å²) in [5.41, 5.74) is 4.05. The second-order valence-electron chi connectivity index (χ2n) is 5.54. The monoisotopic (exact) mass is 278 g/mol. The zero-order chi connectivity index (χ0) is 15.0. The van der Waals surface area contributed by atoms with Crippen LogP contribution in [0.5, 0.6) is 0 Å². The fraction of sp³-hybridized carbons (Fsp3) is 0.167. The van der Waals surface area contributed by atoms with Gasteiger partial charge < -0.3 is 9.88 Å². The Morgan fingerprint density at radius 3 is 2.33 bits per heavy atom. The molecule has 0 amide bonds. The van der Waals surface area contributed by atoms with Crippen molar-refractivity contribution in [2.75, 3.05) is 19.0 Å². The average Bonchev–Trinajstić information content (AvgIpc) is 2.48. The van der Waals surface area contributed by atoms with Crippen LogP contribution in [0.15, 0.2) is 53.3 Å². The molecule has 3 heteroatoms. The Hall–Kier alpha value is -2.55. The van der Waals surface area contributed by atoms with Crippen molar-refractivity contribution in [2.45, 2.75) is 6.92 Å². The Labute approximate surface area is 123 Å². The molecule has 2 aromatic carbocycles. The number of aromatic nitrogens is 1. The molecule has 3 nitrogen and oxygen atoms in total. The van der Waals surface area contributed by atoms with Gasteiger partial charge in [0, 0.05) is 30.9 Å². The number of aryl methyl sites for hydroxylation is 1. The molecule has 1 aromatic heterocycles. The number of nitrogens with one attached hydrogen (secondary N) is 1. The van der Waals surface area contributed by atoms with E-state index >= 15 is 0 Å². The molecule has 0 bridgehead atoms. The third kappa shape index (κ3) is 2.55. The number of fused-ring (bicyclic) bond motifs is 1. The minimum absolute atomic E-state index is 0.0390. The van der Waals surface area contributed by atoms with E-state index < -0.39 is 0 Å². The van der Waals surface area contributed by atoms with Gasteiger partial charge in [-0.3, -0.25) is 4.79 Å². The molecular weight excluding hydrogens is 260 g/mol. The van der Waals surface area contributed by atoms with Crippen LogP contribution in [0.25, 0.3) is 22.0 Å². The summed E-state index contributed by atoms with van der Waals surface area (Å²) < 4.78 is 0. The highest BCUT2D eigenvalue weighted by Crippen LogP contribution is 2.23. The van der Waals surface area contributed by atoms with Crippen LogP contribution in [0, 0.1) is 6.92 Å². The second kappa shape index (κ2) is 5.09. The van der Waals surface area contributed by atoms with Crippen molar-refractivity contribution >= 4 is 16.5 Å². The zero-order valence-corrected chi connectivity index (χ0v) is 12.5. The van der Waals surface area contributed by atoms with E-state index in [1.54, 1.807) is 0 Å². The molecule has 0 saturated carbocycles. The predicted molar refractivity (Wildman–Crippen MR) is 89.1 cm³/mol. The Bertz CT molecular complexity index is 845. The predicted octanol–water partition coefficient (Wildman–Crippen LogP) is 3.57. The van der Waals surface area contributed by atoms with Crippen molar-refractivity contribution < 1.29 is 0 Å². The molecular formula is C18H18N2O. The molecule has 1 heterocycles. The molecule has 0 aliphatic heterocycles. The van der Waals surface area contributed by atoms with Crippen molar-refractivity contribution in [2.24, 2.45) is 0 Å². The molecule has 0 fully saturated rings. The average molecular weight is 278 g/mol. The third-order valence-corrected chi connectivity index (χ3v) is 3.70. The molecule has 21 heavy (non-hydrogen) atoms. The summed E-state index contributed by atoms with van der Waals surface area (Å²) in [6.45, 7) is 1.99. The summed E-state index contributed by atoms with van der Waals surface area (Å²) in [4.78, 5) is 17.3. The summed E-state index contributed by atoms with van der Waals surface area (Å²) >= 11 is 0. The summed E-state index contributed by atoms with van der Waals surface area (Å²) in [5, 5.41) is 1.71. The minimum atomic E-state index is -0.0390. The maximum Gasteiger partial charge on any atom is 0.256 e. The first-order valence-corrected chi connectivity index (χ1v) is 6.96. The van der Waals surface area contributed by atoms with Gasteiger partial charge in [-0.25, -0.2) is 0 Å². The lowest BCUT2D eigenvalue weighted by atomic mass is 10.1. The van der Waals surface area contributed by atoms with Crippen molar-refractivity contribution in [1.29, 1.82) is 0 Å². The Morgan fingerprint density at radius 1 is 0.952 bits per heavy atom. The van der Waals surface area contributed by atoms with E-state index in [0.29, 0.717) is 0 Å². The molecule has 0 atom stereocenters. The lowest BCUT2D eigenvalue weighted by molar-refractivity contribution is 1.13. The van der Waals surface area contributed by atoms with Gasteiger partial charge in [0.1, 0.15) is 0 Å². The van der Waals surface area contributed by atoms with Crippen molar-refractivity contribution in [3.05, 3.63) is 64.4 Å². The zero-order valence-electron chi connectivity index (χ0n) is 12.5. The molecule has 0 aliphatic rings. The lowest BCUT2D eigenvalue weighted by Crippen LogP contribution is -2.09.